The molecule has 0 spiro atoms. The van der Waals surface area contributed by atoms with E-state index in [-0.39, 0.29) is 11.5 Å². The van der Waals surface area contributed by atoms with E-state index < -0.39 is 13.3 Å². The summed E-state index contributed by atoms with van der Waals surface area (Å²) < 4.78 is 27.0. The van der Waals surface area contributed by atoms with E-state index in [2.05, 4.69) is 0 Å². The van der Waals surface area contributed by atoms with Gasteiger partial charge in [-0.25, -0.2) is 0 Å². The van der Waals surface area contributed by atoms with Gasteiger partial charge in [-0.3, -0.25) is 4.57 Å². The molecule has 0 bridgehead atoms. The van der Waals surface area contributed by atoms with Crippen LogP contribution in [0.25, 0.3) is 0 Å². The number of rotatable bonds is 6. The SMILES string of the molecule is COc1cc(C(C=O)P(=O)(OC)OC)cc(C)c1O. The Bertz CT molecular complexity index is 505. The lowest BCUT2D eigenvalue weighted by molar-refractivity contribution is -0.107. The first kappa shape index (κ1) is 15.7. The van der Waals surface area contributed by atoms with Crippen molar-refractivity contribution in [1.82, 2.24) is 0 Å². The topological polar surface area (TPSA) is 82.1 Å². The van der Waals surface area contributed by atoms with Crippen molar-refractivity contribution in [2.24, 2.45) is 0 Å². The number of ether oxygens (including phenoxy) is 1. The molecule has 0 saturated heterocycles. The second kappa shape index (κ2) is 6.19. The molecule has 1 aromatic carbocycles. The first-order valence-corrected chi connectivity index (χ1v) is 7.08. The zero-order chi connectivity index (χ0) is 14.6. The van der Waals surface area contributed by atoms with Gasteiger partial charge in [0.05, 0.1) is 7.11 Å². The molecule has 1 unspecified atom stereocenters. The van der Waals surface area contributed by atoms with Gasteiger partial charge in [-0.1, -0.05) is 6.07 Å². The average molecular weight is 288 g/mol. The molecule has 1 rings (SSSR count). The normalized spacial score (nSPS) is 13.1. The largest absolute Gasteiger partial charge is 0.504 e. The molecule has 0 radical (unpaired) electrons. The Morgan fingerprint density at radius 1 is 1.26 bits per heavy atom. The van der Waals surface area contributed by atoms with E-state index in [9.17, 15) is 14.5 Å². The molecule has 0 aliphatic rings. The number of benzene rings is 1. The van der Waals surface area contributed by atoms with Gasteiger partial charge in [0.2, 0.25) is 0 Å². The molecule has 1 aromatic rings. The monoisotopic (exact) mass is 288 g/mol. The van der Waals surface area contributed by atoms with Crippen molar-refractivity contribution >= 4 is 13.9 Å². The smallest absolute Gasteiger partial charge is 0.344 e. The summed E-state index contributed by atoms with van der Waals surface area (Å²) >= 11 is 0. The number of phenols is 1. The maximum atomic E-state index is 12.3. The number of aldehydes is 1. The van der Waals surface area contributed by atoms with Crippen LogP contribution in [0, 0.1) is 6.92 Å². The van der Waals surface area contributed by atoms with Gasteiger partial charge in [-0.15, -0.1) is 0 Å². The molecule has 19 heavy (non-hydrogen) atoms. The fraction of sp³-hybridized carbons (Fsp3) is 0.417. The van der Waals surface area contributed by atoms with Crippen molar-refractivity contribution in [2.75, 3.05) is 21.3 Å². The van der Waals surface area contributed by atoms with E-state index in [4.69, 9.17) is 13.8 Å². The molecular weight excluding hydrogens is 271 g/mol. The highest BCUT2D eigenvalue weighted by molar-refractivity contribution is 7.55. The quantitative estimate of drug-likeness (QED) is 0.639. The van der Waals surface area contributed by atoms with Gasteiger partial charge in [-0.2, -0.15) is 0 Å². The molecule has 0 aromatic heterocycles. The average Bonchev–Trinajstić information content (AvgIpc) is 2.42. The summed E-state index contributed by atoms with van der Waals surface area (Å²) in [5.41, 5.74) is -0.176. The van der Waals surface area contributed by atoms with Crippen molar-refractivity contribution in [3.05, 3.63) is 23.3 Å². The fourth-order valence-corrected chi connectivity index (χ4v) is 3.00. The number of phenolic OH excluding ortho intramolecular Hbond substituents is 1. The van der Waals surface area contributed by atoms with Crippen LogP contribution in [-0.2, 0) is 18.4 Å². The number of carbonyl (C=O) groups is 1. The van der Waals surface area contributed by atoms with E-state index in [0.29, 0.717) is 17.4 Å². The Labute approximate surface area is 111 Å². The standard InChI is InChI=1S/C12H17O6P/c1-8-5-9(6-10(16-2)12(8)14)11(7-13)19(15,17-3)18-4/h5-7,11,14H,1-4H3. The highest BCUT2D eigenvalue weighted by atomic mass is 31.2. The van der Waals surface area contributed by atoms with Gasteiger partial charge in [0.15, 0.2) is 11.5 Å². The van der Waals surface area contributed by atoms with Crippen LogP contribution in [-0.4, -0.2) is 32.7 Å². The van der Waals surface area contributed by atoms with Crippen LogP contribution in [0.5, 0.6) is 11.5 Å². The Balaban J connectivity index is 3.38. The Morgan fingerprint density at radius 2 is 1.84 bits per heavy atom. The first-order valence-electron chi connectivity index (χ1n) is 5.47. The number of hydrogen-bond acceptors (Lipinski definition) is 6. The maximum Gasteiger partial charge on any atom is 0.344 e. The summed E-state index contributed by atoms with van der Waals surface area (Å²) in [6.45, 7) is 1.65. The van der Waals surface area contributed by atoms with Crippen LogP contribution in [0.4, 0.5) is 0 Å². The first-order chi connectivity index (χ1) is 8.93. The number of methoxy groups -OCH3 is 1. The third-order valence-corrected chi connectivity index (χ3v) is 4.95. The third kappa shape index (κ3) is 2.97. The Kier molecular flexibility index (Phi) is 5.11. The molecule has 0 aliphatic heterocycles. The van der Waals surface area contributed by atoms with E-state index in [1.165, 1.54) is 27.4 Å². The van der Waals surface area contributed by atoms with Gasteiger partial charge in [0.1, 0.15) is 11.9 Å². The minimum Gasteiger partial charge on any atom is -0.504 e. The van der Waals surface area contributed by atoms with E-state index in [1.54, 1.807) is 13.0 Å². The summed E-state index contributed by atoms with van der Waals surface area (Å²) in [5.74, 6) is 0.168. The summed E-state index contributed by atoms with van der Waals surface area (Å²) in [6.07, 6.45) is 0.499. The highest BCUT2D eigenvalue weighted by Gasteiger charge is 2.36. The molecule has 0 heterocycles. The van der Waals surface area contributed by atoms with Crippen molar-refractivity contribution < 1.29 is 28.3 Å². The molecule has 1 atom stereocenters. The molecule has 1 N–H and O–H groups in total. The predicted octanol–water partition coefficient (Wildman–Crippen LogP) is 2.44. The lowest BCUT2D eigenvalue weighted by atomic mass is 10.1. The third-order valence-electron chi connectivity index (χ3n) is 2.83. The van der Waals surface area contributed by atoms with Crippen LogP contribution >= 0.6 is 7.60 Å². The minimum absolute atomic E-state index is 0.0273. The second-order valence-corrected chi connectivity index (χ2v) is 6.24. The number of aryl methyl sites for hydroxylation is 1. The van der Waals surface area contributed by atoms with Gasteiger partial charge in [0, 0.05) is 14.2 Å². The lowest BCUT2D eigenvalue weighted by Crippen LogP contribution is -2.06. The Hall–Kier alpha value is -1.36. The van der Waals surface area contributed by atoms with Crippen molar-refractivity contribution in [2.45, 2.75) is 12.6 Å². The summed E-state index contributed by atoms with van der Waals surface area (Å²) in [5, 5.41) is 9.75. The molecule has 6 nitrogen and oxygen atoms in total. The zero-order valence-electron chi connectivity index (χ0n) is 11.2. The van der Waals surface area contributed by atoms with Crippen LogP contribution < -0.4 is 4.74 Å². The maximum absolute atomic E-state index is 12.3. The minimum atomic E-state index is -3.58. The molecular formula is C12H17O6P. The van der Waals surface area contributed by atoms with E-state index in [0.717, 1.165) is 0 Å². The van der Waals surface area contributed by atoms with Crippen LogP contribution in [0.3, 0.4) is 0 Å². The Morgan fingerprint density at radius 3 is 2.26 bits per heavy atom. The molecule has 0 amide bonds. The summed E-state index contributed by atoms with van der Waals surface area (Å²) in [6, 6.07) is 2.98. The van der Waals surface area contributed by atoms with Crippen molar-refractivity contribution in [3.63, 3.8) is 0 Å². The number of aromatic hydroxyl groups is 1. The highest BCUT2D eigenvalue weighted by Crippen LogP contribution is 2.59. The lowest BCUT2D eigenvalue weighted by Gasteiger charge is -2.21. The van der Waals surface area contributed by atoms with Crippen LogP contribution in [0.15, 0.2) is 12.1 Å². The molecule has 106 valence electrons. The predicted molar refractivity (Wildman–Crippen MR) is 69.8 cm³/mol. The van der Waals surface area contributed by atoms with Gasteiger partial charge in [0.25, 0.3) is 0 Å². The summed E-state index contributed by atoms with van der Waals surface area (Å²) in [4.78, 5) is 11.2. The molecule has 0 fully saturated rings. The fourth-order valence-electron chi connectivity index (χ4n) is 1.74. The summed E-state index contributed by atoms with van der Waals surface area (Å²) in [7, 11) is 0.233. The van der Waals surface area contributed by atoms with E-state index in [1.807, 2.05) is 0 Å². The van der Waals surface area contributed by atoms with E-state index >= 15 is 0 Å². The number of hydrogen-bond donors (Lipinski definition) is 1. The van der Waals surface area contributed by atoms with Crippen molar-refractivity contribution in [3.8, 4) is 11.5 Å². The van der Waals surface area contributed by atoms with Gasteiger partial charge in [-0.05, 0) is 24.1 Å². The van der Waals surface area contributed by atoms with Crippen LogP contribution in [0.1, 0.15) is 16.8 Å². The van der Waals surface area contributed by atoms with Gasteiger partial charge < -0.3 is 23.7 Å². The molecule has 0 aliphatic carbocycles. The molecule has 0 saturated carbocycles. The number of carbonyl (C=O) groups excluding carboxylic acids is 1. The van der Waals surface area contributed by atoms with Crippen molar-refractivity contribution in [1.29, 1.82) is 0 Å². The van der Waals surface area contributed by atoms with Crippen LogP contribution in [0.2, 0.25) is 0 Å². The zero-order valence-corrected chi connectivity index (χ0v) is 12.1. The van der Waals surface area contributed by atoms with Gasteiger partial charge >= 0.3 is 7.60 Å². The molecule has 7 heteroatoms. The second-order valence-electron chi connectivity index (χ2n) is 3.87.